The first-order chi connectivity index (χ1) is 15.6. The number of rotatable bonds is 6. The summed E-state index contributed by atoms with van der Waals surface area (Å²) < 4.78 is 0. The number of hydrogen-bond donors (Lipinski definition) is 3. The van der Waals surface area contributed by atoms with Crippen LogP contribution < -0.4 is 16.3 Å². The number of thioether (sulfide) groups is 1. The molecule has 4 rings (SSSR count). The summed E-state index contributed by atoms with van der Waals surface area (Å²) in [5.74, 6) is 2.40. The maximum absolute atomic E-state index is 11.2. The van der Waals surface area contributed by atoms with Crippen LogP contribution in [0, 0.1) is 0 Å². The van der Waals surface area contributed by atoms with E-state index in [1.165, 1.54) is 0 Å². The first-order valence-electron chi connectivity index (χ1n) is 10.2. The lowest BCUT2D eigenvalue weighted by atomic mass is 10.1. The van der Waals surface area contributed by atoms with Gasteiger partial charge >= 0.3 is 5.69 Å². The maximum atomic E-state index is 11.2. The lowest BCUT2D eigenvalue weighted by Crippen LogP contribution is -2.12. The Labute approximate surface area is 191 Å². The highest BCUT2D eigenvalue weighted by Gasteiger charge is 2.05. The van der Waals surface area contributed by atoms with E-state index in [4.69, 9.17) is 0 Å². The van der Waals surface area contributed by atoms with Crippen molar-refractivity contribution < 1.29 is 0 Å². The van der Waals surface area contributed by atoms with Gasteiger partial charge < -0.3 is 15.6 Å². The van der Waals surface area contributed by atoms with Gasteiger partial charge in [-0.15, -0.1) is 0 Å². The Morgan fingerprint density at radius 1 is 0.812 bits per heavy atom. The number of nitrogens with zero attached hydrogens (tertiary/aromatic N) is 3. The van der Waals surface area contributed by atoms with Crippen LogP contribution >= 0.6 is 11.8 Å². The van der Waals surface area contributed by atoms with Crippen molar-refractivity contribution in [3.05, 3.63) is 83.3 Å². The molecule has 32 heavy (non-hydrogen) atoms. The minimum atomic E-state index is -0.347. The topological polar surface area (TPSA) is 95.6 Å². The second kappa shape index (κ2) is 11.7. The molecular formula is C24H26N6OS. The smallest absolute Gasteiger partial charge is 0.347 e. The third kappa shape index (κ3) is 6.42. The van der Waals surface area contributed by atoms with E-state index >= 15 is 0 Å². The number of aromatic amines is 1. The molecule has 4 aromatic rings. The summed E-state index contributed by atoms with van der Waals surface area (Å²) in [6.07, 6.45) is 0. The van der Waals surface area contributed by atoms with Crippen LogP contribution in [0.4, 0.5) is 11.6 Å². The Morgan fingerprint density at radius 2 is 1.41 bits per heavy atom. The van der Waals surface area contributed by atoms with Crippen LogP contribution in [-0.2, 0) is 0 Å². The molecule has 0 unspecified atom stereocenters. The Kier molecular flexibility index (Phi) is 8.39. The molecule has 8 heteroatoms. The number of hydrogen-bond acceptors (Lipinski definition) is 7. The average molecular weight is 447 g/mol. The fraction of sp³-hybridized carbons (Fsp3) is 0.167. The molecule has 164 valence electrons. The standard InChI is InChI=1S/C13H15N3S.C11H11N3O/c1-3-17-13-15-11(9-12(14-2)16-13)10-7-5-4-6-8-10;1-12-10-7-9(13-11(15)14-10)8-5-3-2-4-6-8/h4-9H,3H2,1-2H3,(H,14,15,16);2-7H,1H3,(H2,12,13,14,15). The zero-order chi connectivity index (χ0) is 22.8. The van der Waals surface area contributed by atoms with Crippen molar-refractivity contribution in [2.45, 2.75) is 12.1 Å². The summed E-state index contributed by atoms with van der Waals surface area (Å²) in [6, 6.07) is 23.6. The summed E-state index contributed by atoms with van der Waals surface area (Å²) in [6.45, 7) is 2.10. The van der Waals surface area contributed by atoms with Crippen molar-refractivity contribution in [3.8, 4) is 22.5 Å². The Hall–Kier alpha value is -3.65. The quantitative estimate of drug-likeness (QED) is 0.290. The first-order valence-corrected chi connectivity index (χ1v) is 11.2. The van der Waals surface area contributed by atoms with E-state index in [-0.39, 0.29) is 5.69 Å². The predicted molar refractivity (Wildman–Crippen MR) is 133 cm³/mol. The lowest BCUT2D eigenvalue weighted by Gasteiger charge is -2.06. The molecule has 0 radical (unpaired) electrons. The second-order valence-electron chi connectivity index (χ2n) is 6.57. The maximum Gasteiger partial charge on any atom is 0.347 e. The summed E-state index contributed by atoms with van der Waals surface area (Å²) in [5.41, 5.74) is 3.46. The van der Waals surface area contributed by atoms with Crippen LogP contribution in [0.3, 0.4) is 0 Å². The highest BCUT2D eigenvalue weighted by Crippen LogP contribution is 2.23. The molecule has 0 saturated carbocycles. The van der Waals surface area contributed by atoms with Crippen LogP contribution in [-0.4, -0.2) is 39.8 Å². The van der Waals surface area contributed by atoms with Gasteiger partial charge in [0, 0.05) is 31.8 Å². The lowest BCUT2D eigenvalue weighted by molar-refractivity contribution is 0.975. The molecule has 0 atom stereocenters. The number of nitrogens with one attached hydrogen (secondary N) is 3. The fourth-order valence-corrected chi connectivity index (χ4v) is 3.45. The van der Waals surface area contributed by atoms with Crippen LogP contribution in [0.5, 0.6) is 0 Å². The number of anilines is 2. The summed E-state index contributed by atoms with van der Waals surface area (Å²) in [7, 11) is 3.61. The van der Waals surface area contributed by atoms with Crippen molar-refractivity contribution in [3.63, 3.8) is 0 Å². The number of benzene rings is 2. The predicted octanol–water partition coefficient (Wildman–Crippen LogP) is 4.78. The van der Waals surface area contributed by atoms with Gasteiger partial charge in [-0.1, -0.05) is 79.3 Å². The van der Waals surface area contributed by atoms with Crippen molar-refractivity contribution in [2.24, 2.45) is 0 Å². The Balaban J connectivity index is 0.000000182. The molecular weight excluding hydrogens is 420 g/mol. The SMILES string of the molecule is CCSc1nc(NC)cc(-c2ccccc2)n1.CNc1cc(-c2ccccc2)[nH]c(=O)n1. The van der Waals surface area contributed by atoms with Crippen molar-refractivity contribution in [1.82, 2.24) is 19.9 Å². The zero-order valence-corrected chi connectivity index (χ0v) is 19.1. The summed E-state index contributed by atoms with van der Waals surface area (Å²) in [4.78, 5) is 26.6. The molecule has 0 saturated heterocycles. The molecule has 0 aliphatic rings. The van der Waals surface area contributed by atoms with Gasteiger partial charge in [0.2, 0.25) is 0 Å². The second-order valence-corrected chi connectivity index (χ2v) is 7.80. The molecule has 0 aliphatic heterocycles. The van der Waals surface area contributed by atoms with Crippen LogP contribution in [0.2, 0.25) is 0 Å². The minimum Gasteiger partial charge on any atom is -0.373 e. The Bertz CT molecular complexity index is 1180. The summed E-state index contributed by atoms with van der Waals surface area (Å²) in [5, 5.41) is 6.74. The molecule has 2 aromatic carbocycles. The van der Waals surface area contributed by atoms with Gasteiger partial charge in [0.15, 0.2) is 5.16 Å². The first kappa shape index (κ1) is 23.0. The molecule has 2 aromatic heterocycles. The summed E-state index contributed by atoms with van der Waals surface area (Å²) >= 11 is 1.65. The van der Waals surface area contributed by atoms with E-state index in [2.05, 4.69) is 49.6 Å². The van der Waals surface area contributed by atoms with Gasteiger partial charge in [0.05, 0.1) is 11.4 Å². The van der Waals surface area contributed by atoms with Gasteiger partial charge in [0.1, 0.15) is 11.6 Å². The molecule has 0 fully saturated rings. The van der Waals surface area contributed by atoms with E-state index in [1.807, 2.05) is 61.6 Å². The molecule has 3 N–H and O–H groups in total. The van der Waals surface area contributed by atoms with E-state index in [9.17, 15) is 4.79 Å². The molecule has 0 aliphatic carbocycles. The van der Waals surface area contributed by atoms with Crippen molar-refractivity contribution in [1.29, 1.82) is 0 Å². The largest absolute Gasteiger partial charge is 0.373 e. The third-order valence-electron chi connectivity index (χ3n) is 4.39. The van der Waals surface area contributed by atoms with Gasteiger partial charge in [0.25, 0.3) is 0 Å². The highest BCUT2D eigenvalue weighted by molar-refractivity contribution is 7.99. The molecule has 0 amide bonds. The van der Waals surface area contributed by atoms with Crippen LogP contribution in [0.15, 0.2) is 82.7 Å². The van der Waals surface area contributed by atoms with Crippen LogP contribution in [0.25, 0.3) is 22.5 Å². The van der Waals surface area contributed by atoms with Gasteiger partial charge in [-0.25, -0.2) is 14.8 Å². The molecule has 0 bridgehead atoms. The fourth-order valence-electron chi connectivity index (χ4n) is 2.86. The number of H-pyrrole nitrogens is 1. The monoisotopic (exact) mass is 446 g/mol. The van der Waals surface area contributed by atoms with E-state index in [1.54, 1.807) is 24.9 Å². The Morgan fingerprint density at radius 3 is 2.00 bits per heavy atom. The minimum absolute atomic E-state index is 0.347. The van der Waals surface area contributed by atoms with Gasteiger partial charge in [-0.2, -0.15) is 4.98 Å². The van der Waals surface area contributed by atoms with Crippen molar-refractivity contribution >= 4 is 23.4 Å². The van der Waals surface area contributed by atoms with E-state index in [0.717, 1.165) is 39.2 Å². The van der Waals surface area contributed by atoms with Crippen LogP contribution in [0.1, 0.15) is 6.92 Å². The zero-order valence-electron chi connectivity index (χ0n) is 18.3. The number of aromatic nitrogens is 4. The molecule has 2 heterocycles. The molecule has 0 spiro atoms. The normalized spacial score (nSPS) is 10.1. The van der Waals surface area contributed by atoms with E-state index < -0.39 is 0 Å². The highest BCUT2D eigenvalue weighted by atomic mass is 32.2. The third-order valence-corrected chi connectivity index (χ3v) is 5.12. The molecule has 7 nitrogen and oxygen atoms in total. The van der Waals surface area contributed by atoms with Gasteiger partial charge in [-0.3, -0.25) is 0 Å². The average Bonchev–Trinajstić information content (AvgIpc) is 2.85. The van der Waals surface area contributed by atoms with E-state index in [0.29, 0.717) is 5.82 Å². The van der Waals surface area contributed by atoms with Crippen molar-refractivity contribution in [2.75, 3.05) is 30.5 Å². The van der Waals surface area contributed by atoms with Gasteiger partial charge in [-0.05, 0) is 11.3 Å².